The fourth-order valence-electron chi connectivity index (χ4n) is 1.34. The number of aryl methyl sites for hydroxylation is 1. The SMILES string of the molecule is Cc1ccc(CN[C@H](C)C(=O)N(C)C)nc1. The topological polar surface area (TPSA) is 45.2 Å². The normalized spacial score (nSPS) is 12.2. The van der Waals surface area contributed by atoms with Crippen LogP contribution >= 0.6 is 0 Å². The summed E-state index contributed by atoms with van der Waals surface area (Å²) < 4.78 is 0. The van der Waals surface area contributed by atoms with Gasteiger partial charge in [-0.25, -0.2) is 0 Å². The average molecular weight is 221 g/mol. The minimum atomic E-state index is -0.182. The molecule has 1 rings (SSSR count). The Balaban J connectivity index is 2.45. The van der Waals surface area contributed by atoms with Crippen LogP contribution in [0.1, 0.15) is 18.2 Å². The van der Waals surface area contributed by atoms with E-state index < -0.39 is 0 Å². The van der Waals surface area contributed by atoms with Crippen LogP contribution in [0.25, 0.3) is 0 Å². The van der Waals surface area contributed by atoms with E-state index in [1.54, 1.807) is 19.0 Å². The second kappa shape index (κ2) is 5.61. The van der Waals surface area contributed by atoms with Crippen molar-refractivity contribution < 1.29 is 4.79 Å². The van der Waals surface area contributed by atoms with Gasteiger partial charge in [0.05, 0.1) is 11.7 Å². The molecule has 0 aliphatic rings. The number of nitrogens with one attached hydrogen (secondary N) is 1. The molecule has 1 heterocycles. The number of pyridine rings is 1. The fraction of sp³-hybridized carbons (Fsp3) is 0.500. The molecule has 0 saturated carbocycles. The predicted octanol–water partition coefficient (Wildman–Crippen LogP) is 0.956. The highest BCUT2D eigenvalue weighted by Crippen LogP contribution is 1.99. The number of hydrogen-bond acceptors (Lipinski definition) is 3. The van der Waals surface area contributed by atoms with E-state index in [0.29, 0.717) is 6.54 Å². The maximum atomic E-state index is 11.6. The monoisotopic (exact) mass is 221 g/mol. The van der Waals surface area contributed by atoms with Gasteiger partial charge in [-0.15, -0.1) is 0 Å². The summed E-state index contributed by atoms with van der Waals surface area (Å²) in [7, 11) is 3.51. The molecule has 0 spiro atoms. The van der Waals surface area contributed by atoms with E-state index in [4.69, 9.17) is 0 Å². The van der Waals surface area contributed by atoms with Crippen molar-refractivity contribution >= 4 is 5.91 Å². The minimum Gasteiger partial charge on any atom is -0.347 e. The molecule has 4 nitrogen and oxygen atoms in total. The molecule has 0 fully saturated rings. The Morgan fingerprint density at radius 1 is 1.50 bits per heavy atom. The van der Waals surface area contributed by atoms with Crippen LogP contribution in [0.4, 0.5) is 0 Å². The van der Waals surface area contributed by atoms with Crippen LogP contribution in [0.15, 0.2) is 18.3 Å². The summed E-state index contributed by atoms with van der Waals surface area (Å²) in [6.07, 6.45) is 1.83. The summed E-state index contributed by atoms with van der Waals surface area (Å²) in [5.41, 5.74) is 2.09. The summed E-state index contributed by atoms with van der Waals surface area (Å²) in [5.74, 6) is 0.0760. The van der Waals surface area contributed by atoms with E-state index in [2.05, 4.69) is 10.3 Å². The Hall–Kier alpha value is -1.42. The average Bonchev–Trinajstić information content (AvgIpc) is 2.26. The Bertz CT molecular complexity index is 346. The number of likely N-dealkylation sites (N-methyl/N-ethyl adjacent to an activating group) is 1. The maximum absolute atomic E-state index is 11.6. The highest BCUT2D eigenvalue weighted by atomic mass is 16.2. The lowest BCUT2D eigenvalue weighted by Gasteiger charge is -2.17. The van der Waals surface area contributed by atoms with Gasteiger partial charge in [-0.2, -0.15) is 0 Å². The Morgan fingerprint density at radius 3 is 2.69 bits per heavy atom. The summed E-state index contributed by atoms with van der Waals surface area (Å²) in [6.45, 7) is 4.47. The first kappa shape index (κ1) is 12.6. The quantitative estimate of drug-likeness (QED) is 0.823. The van der Waals surface area contributed by atoms with Crippen molar-refractivity contribution in [1.82, 2.24) is 15.2 Å². The molecule has 1 aromatic rings. The van der Waals surface area contributed by atoms with E-state index in [0.717, 1.165) is 11.3 Å². The third-order valence-corrected chi connectivity index (χ3v) is 2.37. The number of carbonyl (C=O) groups excluding carboxylic acids is 1. The van der Waals surface area contributed by atoms with Crippen molar-refractivity contribution in [3.63, 3.8) is 0 Å². The van der Waals surface area contributed by atoms with Crippen molar-refractivity contribution in [2.24, 2.45) is 0 Å². The number of aromatic nitrogens is 1. The molecule has 1 N–H and O–H groups in total. The molecule has 1 aromatic heterocycles. The number of amides is 1. The zero-order valence-corrected chi connectivity index (χ0v) is 10.3. The second-order valence-corrected chi connectivity index (χ2v) is 4.16. The van der Waals surface area contributed by atoms with Crippen LogP contribution in [-0.2, 0) is 11.3 Å². The molecule has 0 aliphatic heterocycles. The molecule has 0 aliphatic carbocycles. The zero-order valence-electron chi connectivity index (χ0n) is 10.3. The molecule has 16 heavy (non-hydrogen) atoms. The highest BCUT2D eigenvalue weighted by molar-refractivity contribution is 5.80. The first-order valence-corrected chi connectivity index (χ1v) is 5.37. The van der Waals surface area contributed by atoms with Gasteiger partial charge in [0.1, 0.15) is 0 Å². The zero-order chi connectivity index (χ0) is 12.1. The molecule has 4 heteroatoms. The molecule has 0 bridgehead atoms. The van der Waals surface area contributed by atoms with Crippen LogP contribution < -0.4 is 5.32 Å². The van der Waals surface area contributed by atoms with Gasteiger partial charge in [0.25, 0.3) is 0 Å². The van der Waals surface area contributed by atoms with Crippen LogP contribution in [0.2, 0.25) is 0 Å². The molecule has 1 atom stereocenters. The Labute approximate surface area is 96.7 Å². The van der Waals surface area contributed by atoms with E-state index in [-0.39, 0.29) is 11.9 Å². The number of carbonyl (C=O) groups is 1. The molecular formula is C12H19N3O. The van der Waals surface area contributed by atoms with Crippen molar-refractivity contribution in [2.45, 2.75) is 26.4 Å². The summed E-state index contributed by atoms with van der Waals surface area (Å²) in [4.78, 5) is 17.4. The Morgan fingerprint density at radius 2 is 2.19 bits per heavy atom. The van der Waals surface area contributed by atoms with E-state index >= 15 is 0 Å². The van der Waals surface area contributed by atoms with Crippen LogP contribution in [0.3, 0.4) is 0 Å². The molecule has 0 unspecified atom stereocenters. The van der Waals surface area contributed by atoms with Gasteiger partial charge in [-0.3, -0.25) is 9.78 Å². The first-order chi connectivity index (χ1) is 7.50. The van der Waals surface area contributed by atoms with Gasteiger partial charge in [-0.05, 0) is 25.5 Å². The van der Waals surface area contributed by atoms with E-state index in [1.807, 2.05) is 32.2 Å². The molecule has 0 aromatic carbocycles. The number of hydrogen-bond donors (Lipinski definition) is 1. The van der Waals surface area contributed by atoms with Gasteiger partial charge >= 0.3 is 0 Å². The lowest BCUT2D eigenvalue weighted by molar-refractivity contribution is -0.130. The van der Waals surface area contributed by atoms with Crippen LogP contribution in [-0.4, -0.2) is 35.9 Å². The van der Waals surface area contributed by atoms with Crippen LogP contribution in [0, 0.1) is 6.92 Å². The highest BCUT2D eigenvalue weighted by Gasteiger charge is 2.13. The van der Waals surface area contributed by atoms with Gasteiger partial charge in [0.2, 0.25) is 5.91 Å². The largest absolute Gasteiger partial charge is 0.347 e. The lowest BCUT2D eigenvalue weighted by Crippen LogP contribution is -2.41. The van der Waals surface area contributed by atoms with Crippen molar-refractivity contribution in [2.75, 3.05) is 14.1 Å². The standard InChI is InChI=1S/C12H19N3O/c1-9-5-6-11(14-7-9)8-13-10(2)12(16)15(3)4/h5-7,10,13H,8H2,1-4H3/t10-/m1/s1. The summed E-state index contributed by atoms with van der Waals surface area (Å²) >= 11 is 0. The summed E-state index contributed by atoms with van der Waals surface area (Å²) in [6, 6.07) is 3.80. The lowest BCUT2D eigenvalue weighted by atomic mass is 10.2. The maximum Gasteiger partial charge on any atom is 0.238 e. The van der Waals surface area contributed by atoms with Crippen molar-refractivity contribution in [3.8, 4) is 0 Å². The smallest absolute Gasteiger partial charge is 0.238 e. The molecular weight excluding hydrogens is 202 g/mol. The first-order valence-electron chi connectivity index (χ1n) is 5.37. The number of rotatable bonds is 4. The van der Waals surface area contributed by atoms with Crippen LogP contribution in [0.5, 0.6) is 0 Å². The molecule has 1 amide bonds. The summed E-state index contributed by atoms with van der Waals surface area (Å²) in [5, 5.41) is 3.15. The van der Waals surface area contributed by atoms with E-state index in [1.165, 1.54) is 0 Å². The third-order valence-electron chi connectivity index (χ3n) is 2.37. The molecule has 0 saturated heterocycles. The minimum absolute atomic E-state index is 0.0760. The molecule has 0 radical (unpaired) electrons. The predicted molar refractivity (Wildman–Crippen MR) is 64.0 cm³/mol. The fourth-order valence-corrected chi connectivity index (χ4v) is 1.34. The van der Waals surface area contributed by atoms with E-state index in [9.17, 15) is 4.79 Å². The van der Waals surface area contributed by atoms with Gasteiger partial charge < -0.3 is 10.2 Å². The third kappa shape index (κ3) is 3.62. The van der Waals surface area contributed by atoms with Crippen molar-refractivity contribution in [1.29, 1.82) is 0 Å². The number of nitrogens with zero attached hydrogens (tertiary/aromatic N) is 2. The Kier molecular flexibility index (Phi) is 4.43. The van der Waals surface area contributed by atoms with Gasteiger partial charge in [0, 0.05) is 26.8 Å². The van der Waals surface area contributed by atoms with Gasteiger partial charge in [-0.1, -0.05) is 6.07 Å². The molecule has 88 valence electrons. The second-order valence-electron chi connectivity index (χ2n) is 4.16. The van der Waals surface area contributed by atoms with Crippen molar-refractivity contribution in [3.05, 3.63) is 29.6 Å². The van der Waals surface area contributed by atoms with Gasteiger partial charge in [0.15, 0.2) is 0 Å².